The van der Waals surface area contributed by atoms with Gasteiger partial charge >= 0.3 is 0 Å². The smallest absolute Gasteiger partial charge is 0.257 e. The highest BCUT2D eigenvalue weighted by Crippen LogP contribution is 2.29. The van der Waals surface area contributed by atoms with Crippen molar-refractivity contribution in [1.82, 2.24) is 9.88 Å². The van der Waals surface area contributed by atoms with E-state index in [1.807, 2.05) is 42.5 Å². The molecule has 2 heterocycles. The van der Waals surface area contributed by atoms with Gasteiger partial charge in [0.2, 0.25) is 5.91 Å². The van der Waals surface area contributed by atoms with Crippen molar-refractivity contribution >= 4 is 44.2 Å². The number of fused-ring (bicyclic) bond motifs is 1. The van der Waals surface area contributed by atoms with E-state index >= 15 is 0 Å². The fraction of sp³-hybridized carbons (Fsp3) is 0.222. The largest absolute Gasteiger partial charge is 0.326 e. The molecule has 0 radical (unpaired) electrons. The maximum Gasteiger partial charge on any atom is 0.257 e. The number of carbonyl (C=O) groups is 2. The average Bonchev–Trinajstić information content (AvgIpc) is 3.27. The van der Waals surface area contributed by atoms with Crippen LogP contribution in [0.2, 0.25) is 0 Å². The molecule has 7 heteroatoms. The Hall–Kier alpha value is -3.55. The average molecular weight is 471 g/mol. The molecule has 1 fully saturated rings. The fourth-order valence-electron chi connectivity index (χ4n) is 4.25. The third-order valence-electron chi connectivity index (χ3n) is 6.12. The van der Waals surface area contributed by atoms with E-state index in [-0.39, 0.29) is 17.7 Å². The normalized spacial score (nSPS) is 14.7. The van der Waals surface area contributed by atoms with E-state index in [0.717, 1.165) is 48.4 Å². The summed E-state index contributed by atoms with van der Waals surface area (Å²) in [6, 6.07) is 25.2. The molecule has 0 unspecified atom stereocenters. The second-order valence-electron chi connectivity index (χ2n) is 8.55. The van der Waals surface area contributed by atoms with E-state index < -0.39 is 0 Å². The first-order chi connectivity index (χ1) is 16.6. The Morgan fingerprint density at radius 3 is 2.35 bits per heavy atom. The predicted octanol–water partition coefficient (Wildman–Crippen LogP) is 5.40. The van der Waals surface area contributed by atoms with Crippen molar-refractivity contribution < 1.29 is 9.59 Å². The van der Waals surface area contributed by atoms with E-state index in [4.69, 9.17) is 0 Å². The lowest BCUT2D eigenvalue weighted by Gasteiger charge is -2.31. The van der Waals surface area contributed by atoms with Gasteiger partial charge in [-0.15, -0.1) is 0 Å². The minimum Gasteiger partial charge on any atom is -0.326 e. The lowest BCUT2D eigenvalue weighted by molar-refractivity contribution is -0.121. The summed E-state index contributed by atoms with van der Waals surface area (Å²) in [7, 11) is 0. The monoisotopic (exact) mass is 470 g/mol. The van der Waals surface area contributed by atoms with Gasteiger partial charge in [-0.1, -0.05) is 59.9 Å². The third kappa shape index (κ3) is 5.32. The van der Waals surface area contributed by atoms with Crippen molar-refractivity contribution in [1.29, 1.82) is 0 Å². The van der Waals surface area contributed by atoms with Gasteiger partial charge in [-0.3, -0.25) is 19.8 Å². The number of carbonyl (C=O) groups excluding carboxylic acids is 2. The molecule has 0 atom stereocenters. The topological polar surface area (TPSA) is 74.3 Å². The summed E-state index contributed by atoms with van der Waals surface area (Å²) in [5.41, 5.74) is 3.45. The number of thiazole rings is 1. The Bertz CT molecular complexity index is 1280. The van der Waals surface area contributed by atoms with Gasteiger partial charge in [-0.2, -0.15) is 0 Å². The number of rotatable bonds is 6. The number of piperidine rings is 1. The third-order valence-corrected chi connectivity index (χ3v) is 7.05. The van der Waals surface area contributed by atoms with Crippen LogP contribution in [0.4, 0.5) is 10.8 Å². The standard InChI is InChI=1S/C27H26N4O2S/c32-25(21-13-15-31(16-14-21)18-19-7-3-1-4-8-19)28-22-11-12-23-24(17-22)34-27(29-23)30-26(33)20-9-5-2-6-10-20/h1-12,17,21H,13-16,18H2,(H,28,32)(H,29,30,33). The summed E-state index contributed by atoms with van der Waals surface area (Å²) in [6.07, 6.45) is 1.72. The number of amides is 2. The van der Waals surface area contributed by atoms with E-state index in [1.165, 1.54) is 16.9 Å². The van der Waals surface area contributed by atoms with Crippen LogP contribution < -0.4 is 10.6 Å². The van der Waals surface area contributed by atoms with Crippen LogP contribution in [0.15, 0.2) is 78.9 Å². The van der Waals surface area contributed by atoms with Crippen LogP contribution in [0.1, 0.15) is 28.8 Å². The number of nitrogens with zero attached hydrogens (tertiary/aromatic N) is 2. The molecule has 1 aromatic heterocycles. The highest BCUT2D eigenvalue weighted by atomic mass is 32.1. The first-order valence-electron chi connectivity index (χ1n) is 11.5. The highest BCUT2D eigenvalue weighted by Gasteiger charge is 2.25. The molecule has 0 bridgehead atoms. The number of likely N-dealkylation sites (tertiary alicyclic amines) is 1. The van der Waals surface area contributed by atoms with Crippen molar-refractivity contribution in [2.75, 3.05) is 23.7 Å². The Morgan fingerprint density at radius 1 is 0.912 bits per heavy atom. The number of hydrogen-bond donors (Lipinski definition) is 2. The Labute approximate surface area is 202 Å². The quantitative estimate of drug-likeness (QED) is 0.396. The lowest BCUT2D eigenvalue weighted by atomic mass is 9.95. The minimum absolute atomic E-state index is 0.0184. The Morgan fingerprint density at radius 2 is 1.62 bits per heavy atom. The molecule has 6 nitrogen and oxygen atoms in total. The zero-order valence-electron chi connectivity index (χ0n) is 18.7. The number of aromatic nitrogens is 1. The predicted molar refractivity (Wildman–Crippen MR) is 137 cm³/mol. The van der Waals surface area contributed by atoms with Gasteiger partial charge in [0, 0.05) is 23.7 Å². The van der Waals surface area contributed by atoms with Gasteiger partial charge in [0.05, 0.1) is 10.2 Å². The molecule has 4 aromatic rings. The minimum atomic E-state index is -0.188. The Balaban J connectivity index is 1.17. The van der Waals surface area contributed by atoms with Crippen LogP contribution in [-0.2, 0) is 11.3 Å². The number of benzene rings is 3. The van der Waals surface area contributed by atoms with Crippen LogP contribution in [0.5, 0.6) is 0 Å². The summed E-state index contributed by atoms with van der Waals surface area (Å²) in [4.78, 5) is 32.2. The molecule has 0 spiro atoms. The fourth-order valence-corrected chi connectivity index (χ4v) is 5.15. The van der Waals surface area contributed by atoms with E-state index in [9.17, 15) is 9.59 Å². The molecule has 172 valence electrons. The van der Waals surface area contributed by atoms with Crippen molar-refractivity contribution in [2.24, 2.45) is 5.92 Å². The lowest BCUT2D eigenvalue weighted by Crippen LogP contribution is -2.37. The van der Waals surface area contributed by atoms with E-state index in [2.05, 4.69) is 44.8 Å². The van der Waals surface area contributed by atoms with Gasteiger partial charge in [0.25, 0.3) is 5.91 Å². The van der Waals surface area contributed by atoms with Crippen LogP contribution in [0, 0.1) is 5.92 Å². The van der Waals surface area contributed by atoms with Crippen molar-refractivity contribution in [3.63, 3.8) is 0 Å². The molecule has 2 amide bonds. The highest BCUT2D eigenvalue weighted by molar-refractivity contribution is 7.22. The summed E-state index contributed by atoms with van der Waals surface area (Å²) >= 11 is 1.40. The second-order valence-corrected chi connectivity index (χ2v) is 9.58. The Kier molecular flexibility index (Phi) is 6.65. The number of hydrogen-bond acceptors (Lipinski definition) is 5. The molecule has 1 saturated heterocycles. The van der Waals surface area contributed by atoms with Gasteiger partial charge in [-0.05, 0) is 61.8 Å². The van der Waals surface area contributed by atoms with E-state index in [1.54, 1.807) is 12.1 Å². The summed E-state index contributed by atoms with van der Waals surface area (Å²) in [5.74, 6) is -0.0995. The molecule has 1 aliphatic heterocycles. The van der Waals surface area contributed by atoms with Crippen LogP contribution >= 0.6 is 11.3 Å². The molecule has 5 rings (SSSR count). The van der Waals surface area contributed by atoms with Crippen LogP contribution in [-0.4, -0.2) is 34.8 Å². The first kappa shape index (κ1) is 22.3. The number of nitrogens with one attached hydrogen (secondary N) is 2. The van der Waals surface area contributed by atoms with Crippen molar-refractivity contribution in [3.05, 3.63) is 90.0 Å². The molecule has 3 aromatic carbocycles. The zero-order valence-corrected chi connectivity index (χ0v) is 19.6. The molecular weight excluding hydrogens is 444 g/mol. The molecule has 0 saturated carbocycles. The van der Waals surface area contributed by atoms with E-state index in [0.29, 0.717) is 10.7 Å². The van der Waals surface area contributed by atoms with Gasteiger partial charge in [0.1, 0.15) is 0 Å². The van der Waals surface area contributed by atoms with Crippen molar-refractivity contribution in [2.45, 2.75) is 19.4 Å². The maximum atomic E-state index is 12.9. The second kappa shape index (κ2) is 10.2. The number of anilines is 2. The van der Waals surface area contributed by atoms with Crippen LogP contribution in [0.3, 0.4) is 0 Å². The summed E-state index contributed by atoms with van der Waals surface area (Å²) < 4.78 is 0.916. The van der Waals surface area contributed by atoms with Crippen LogP contribution in [0.25, 0.3) is 10.2 Å². The zero-order chi connectivity index (χ0) is 23.3. The van der Waals surface area contributed by atoms with Gasteiger partial charge in [-0.25, -0.2) is 4.98 Å². The van der Waals surface area contributed by atoms with Gasteiger partial charge < -0.3 is 5.32 Å². The van der Waals surface area contributed by atoms with Crippen molar-refractivity contribution in [3.8, 4) is 0 Å². The van der Waals surface area contributed by atoms with Gasteiger partial charge in [0.15, 0.2) is 5.13 Å². The molecule has 1 aliphatic rings. The maximum absolute atomic E-state index is 12.9. The molecule has 34 heavy (non-hydrogen) atoms. The molecule has 0 aliphatic carbocycles. The molecular formula is C27H26N4O2S. The summed E-state index contributed by atoms with van der Waals surface area (Å²) in [6.45, 7) is 2.77. The summed E-state index contributed by atoms with van der Waals surface area (Å²) in [5, 5.41) is 6.48. The first-order valence-corrected chi connectivity index (χ1v) is 12.3. The SMILES string of the molecule is O=C(Nc1nc2ccc(NC(=O)C3CCN(Cc4ccccc4)CC3)cc2s1)c1ccccc1. The molecule has 2 N–H and O–H groups in total.